The molecule has 2 nitrogen and oxygen atoms in total. The van der Waals surface area contributed by atoms with Crippen LogP contribution in [0.2, 0.25) is 5.82 Å². The second-order valence-corrected chi connectivity index (χ2v) is 7.91. The molecule has 3 heteroatoms. The number of hydrogen-bond donors (Lipinski definition) is 0. The summed E-state index contributed by atoms with van der Waals surface area (Å²) >= 11 is 0. The first kappa shape index (κ1) is 18.3. The second-order valence-electron chi connectivity index (χ2n) is 7.91. The van der Waals surface area contributed by atoms with E-state index in [0.29, 0.717) is 5.82 Å². The van der Waals surface area contributed by atoms with E-state index in [4.69, 9.17) is 9.31 Å². The molecular formula is C20H31BO2. The zero-order valence-corrected chi connectivity index (χ0v) is 15.6. The van der Waals surface area contributed by atoms with E-state index in [1.807, 2.05) is 0 Å². The first-order valence-electron chi connectivity index (χ1n) is 8.76. The normalized spacial score (nSPS) is 20.3. The maximum Gasteiger partial charge on any atom is 0.465 e. The third-order valence-electron chi connectivity index (χ3n) is 5.01. The second kappa shape index (κ2) is 7.23. The molecule has 0 aromatic heterocycles. The van der Waals surface area contributed by atoms with Gasteiger partial charge in [0.25, 0.3) is 0 Å². The fourth-order valence-corrected chi connectivity index (χ4v) is 2.98. The Morgan fingerprint density at radius 1 is 1.04 bits per heavy atom. The van der Waals surface area contributed by atoms with Crippen LogP contribution in [0.5, 0.6) is 0 Å². The van der Waals surface area contributed by atoms with Crippen LogP contribution >= 0.6 is 0 Å². The Bertz CT molecular complexity index is 514. The molecule has 1 heterocycles. The molecule has 0 unspecified atom stereocenters. The molecule has 1 aliphatic rings. The van der Waals surface area contributed by atoms with E-state index in [2.05, 4.69) is 78.0 Å². The van der Waals surface area contributed by atoms with Crippen molar-refractivity contribution in [2.75, 3.05) is 0 Å². The fourth-order valence-electron chi connectivity index (χ4n) is 2.98. The van der Waals surface area contributed by atoms with Crippen molar-refractivity contribution in [3.8, 4) is 0 Å². The lowest BCUT2D eigenvalue weighted by molar-refractivity contribution is 0.00578. The van der Waals surface area contributed by atoms with Crippen molar-refractivity contribution >= 4 is 7.12 Å². The summed E-state index contributed by atoms with van der Waals surface area (Å²) in [7, 11) is -0.148. The molecule has 0 N–H and O–H groups in total. The molecule has 1 aromatic rings. The van der Waals surface area contributed by atoms with Crippen LogP contribution in [0.4, 0.5) is 0 Å². The van der Waals surface area contributed by atoms with Crippen molar-refractivity contribution in [2.45, 2.75) is 77.8 Å². The molecular weight excluding hydrogens is 283 g/mol. The average Bonchev–Trinajstić information content (AvgIpc) is 2.67. The predicted octanol–water partition coefficient (Wildman–Crippen LogP) is 5.44. The van der Waals surface area contributed by atoms with Gasteiger partial charge in [0.05, 0.1) is 11.2 Å². The Balaban J connectivity index is 2.00. The molecule has 23 heavy (non-hydrogen) atoms. The summed E-state index contributed by atoms with van der Waals surface area (Å²) in [5.74, 6) is 0.310. The first-order valence-corrected chi connectivity index (χ1v) is 8.76. The van der Waals surface area contributed by atoms with Gasteiger partial charge in [-0.25, -0.2) is 0 Å². The smallest absolute Gasteiger partial charge is 0.403 e. The summed E-state index contributed by atoms with van der Waals surface area (Å²) in [6.07, 6.45) is 5.64. The number of benzene rings is 1. The van der Waals surface area contributed by atoms with Crippen LogP contribution in [0, 0.1) is 0 Å². The third-order valence-corrected chi connectivity index (χ3v) is 5.01. The number of aryl methyl sites for hydroxylation is 1. The van der Waals surface area contributed by atoms with Gasteiger partial charge in [-0.15, -0.1) is 0 Å². The Kier molecular flexibility index (Phi) is 5.75. The zero-order valence-electron chi connectivity index (χ0n) is 15.6. The highest BCUT2D eigenvalue weighted by atomic mass is 16.7. The molecule has 1 atom stereocenters. The number of rotatable bonds is 6. The minimum absolute atomic E-state index is 0.148. The molecule has 0 radical (unpaired) electrons. The van der Waals surface area contributed by atoms with Crippen molar-refractivity contribution in [1.82, 2.24) is 0 Å². The van der Waals surface area contributed by atoms with Crippen LogP contribution in [-0.2, 0) is 15.7 Å². The molecule has 126 valence electrons. The standard InChI is InChI=1S/C20H31BO2/c1-16(2)15-18(14-10-13-17-11-8-7-9-12-17)21-22-19(3,4)20(5,6)23-21/h7-9,11-12,15,18H,10,13-14H2,1-6H3/t18-/m0/s1. The van der Waals surface area contributed by atoms with Gasteiger partial charge in [-0.3, -0.25) is 0 Å². The van der Waals surface area contributed by atoms with Gasteiger partial charge >= 0.3 is 7.12 Å². The van der Waals surface area contributed by atoms with Crippen molar-refractivity contribution in [1.29, 1.82) is 0 Å². The van der Waals surface area contributed by atoms with Gasteiger partial charge in [-0.05, 0) is 66.4 Å². The summed E-state index contributed by atoms with van der Waals surface area (Å²) in [6.45, 7) is 12.8. The van der Waals surface area contributed by atoms with Gasteiger partial charge in [-0.1, -0.05) is 42.0 Å². The highest BCUT2D eigenvalue weighted by Gasteiger charge is 2.53. The molecule has 0 aliphatic carbocycles. The van der Waals surface area contributed by atoms with E-state index in [9.17, 15) is 0 Å². The van der Waals surface area contributed by atoms with Crippen molar-refractivity contribution in [3.05, 3.63) is 47.5 Å². The Morgan fingerprint density at radius 2 is 1.61 bits per heavy atom. The Labute approximate surface area is 142 Å². The summed E-state index contributed by atoms with van der Waals surface area (Å²) in [6, 6.07) is 10.7. The van der Waals surface area contributed by atoms with Crippen LogP contribution < -0.4 is 0 Å². The van der Waals surface area contributed by atoms with Crippen LogP contribution in [-0.4, -0.2) is 18.3 Å². The Hall–Kier alpha value is -1.06. The average molecular weight is 314 g/mol. The van der Waals surface area contributed by atoms with Gasteiger partial charge in [0.1, 0.15) is 0 Å². The molecule has 0 bridgehead atoms. The summed E-state index contributed by atoms with van der Waals surface area (Å²) in [5.41, 5.74) is 2.21. The third kappa shape index (κ3) is 4.71. The summed E-state index contributed by atoms with van der Waals surface area (Å²) in [4.78, 5) is 0. The maximum absolute atomic E-state index is 6.26. The van der Waals surface area contributed by atoms with Crippen LogP contribution in [0.1, 0.15) is 59.9 Å². The van der Waals surface area contributed by atoms with E-state index in [1.165, 1.54) is 11.1 Å². The first-order chi connectivity index (χ1) is 10.7. The van der Waals surface area contributed by atoms with Gasteiger partial charge in [-0.2, -0.15) is 0 Å². The zero-order chi connectivity index (χ0) is 17.1. The Morgan fingerprint density at radius 3 is 2.13 bits per heavy atom. The highest BCUT2D eigenvalue weighted by Crippen LogP contribution is 2.41. The minimum Gasteiger partial charge on any atom is -0.403 e. The van der Waals surface area contributed by atoms with Gasteiger partial charge in [0.2, 0.25) is 0 Å². The van der Waals surface area contributed by atoms with Crippen LogP contribution in [0.3, 0.4) is 0 Å². The van der Waals surface area contributed by atoms with Crippen LogP contribution in [0.15, 0.2) is 42.0 Å². The molecule has 0 saturated carbocycles. The largest absolute Gasteiger partial charge is 0.465 e. The van der Waals surface area contributed by atoms with Crippen molar-refractivity contribution in [2.24, 2.45) is 0 Å². The van der Waals surface area contributed by atoms with Crippen LogP contribution in [0.25, 0.3) is 0 Å². The lowest BCUT2D eigenvalue weighted by Crippen LogP contribution is -2.41. The van der Waals surface area contributed by atoms with Crippen molar-refractivity contribution < 1.29 is 9.31 Å². The van der Waals surface area contributed by atoms with E-state index < -0.39 is 0 Å². The number of hydrogen-bond acceptors (Lipinski definition) is 2. The quantitative estimate of drug-likeness (QED) is 0.514. The lowest BCUT2D eigenvalue weighted by atomic mass is 9.68. The van der Waals surface area contributed by atoms with E-state index in [1.54, 1.807) is 0 Å². The molecule has 2 rings (SSSR count). The van der Waals surface area contributed by atoms with Gasteiger partial charge < -0.3 is 9.31 Å². The molecule has 1 aromatic carbocycles. The van der Waals surface area contributed by atoms with E-state index >= 15 is 0 Å². The molecule has 0 amide bonds. The monoisotopic (exact) mass is 314 g/mol. The SMILES string of the molecule is CC(C)=C[C@H](CCCc1ccccc1)B1OC(C)(C)C(C)(C)O1. The topological polar surface area (TPSA) is 18.5 Å². The maximum atomic E-state index is 6.26. The summed E-state index contributed by atoms with van der Waals surface area (Å²) < 4.78 is 12.5. The number of allylic oxidation sites excluding steroid dienone is 2. The minimum atomic E-state index is -0.259. The van der Waals surface area contributed by atoms with Gasteiger partial charge in [0, 0.05) is 5.82 Å². The molecule has 1 fully saturated rings. The van der Waals surface area contributed by atoms with Gasteiger partial charge in [0.15, 0.2) is 0 Å². The molecule has 1 aliphatic heterocycles. The predicted molar refractivity (Wildman–Crippen MR) is 98.6 cm³/mol. The fraction of sp³-hybridized carbons (Fsp3) is 0.600. The summed E-state index contributed by atoms with van der Waals surface area (Å²) in [5, 5.41) is 0. The molecule has 0 spiro atoms. The van der Waals surface area contributed by atoms with E-state index in [0.717, 1.165) is 19.3 Å². The highest BCUT2D eigenvalue weighted by molar-refractivity contribution is 6.48. The van der Waals surface area contributed by atoms with Crippen molar-refractivity contribution in [3.63, 3.8) is 0 Å². The van der Waals surface area contributed by atoms with E-state index in [-0.39, 0.29) is 18.3 Å². The molecule has 1 saturated heterocycles. The lowest BCUT2D eigenvalue weighted by Gasteiger charge is -2.32.